The molecule has 0 atom stereocenters. The number of piperazine rings is 1. The summed E-state index contributed by atoms with van der Waals surface area (Å²) in [5.74, 6) is 0.995. The van der Waals surface area contributed by atoms with Crippen LogP contribution in [0.4, 0.5) is 11.5 Å². The second-order valence-corrected chi connectivity index (χ2v) is 10.1. The van der Waals surface area contributed by atoms with E-state index < -0.39 is 0 Å². The Morgan fingerprint density at radius 1 is 1.16 bits per heavy atom. The van der Waals surface area contributed by atoms with Gasteiger partial charge in [-0.2, -0.15) is 0 Å². The number of nitrogens with one attached hydrogen (secondary N) is 1. The Morgan fingerprint density at radius 2 is 1.94 bits per heavy atom. The fraction of sp³-hybridized carbons (Fsp3) is 0.440. The van der Waals surface area contributed by atoms with Gasteiger partial charge in [0, 0.05) is 55.3 Å². The van der Waals surface area contributed by atoms with Crippen molar-refractivity contribution in [1.82, 2.24) is 10.1 Å². The van der Waals surface area contributed by atoms with Gasteiger partial charge in [0.15, 0.2) is 11.4 Å². The van der Waals surface area contributed by atoms with Gasteiger partial charge in [-0.1, -0.05) is 42.7 Å². The van der Waals surface area contributed by atoms with Gasteiger partial charge in [0.25, 0.3) is 0 Å². The number of nitrogens with zero attached hydrogens (tertiary/aromatic N) is 3. The van der Waals surface area contributed by atoms with Crippen LogP contribution in [0.15, 0.2) is 34.9 Å². The molecule has 1 saturated heterocycles. The molecule has 1 aromatic heterocycles. The molecule has 2 aromatic carbocycles. The van der Waals surface area contributed by atoms with Gasteiger partial charge in [-0.05, 0) is 48.2 Å². The maximum atomic E-state index is 12.1. The topological polar surface area (TPSA) is 61.6 Å². The van der Waals surface area contributed by atoms with Crippen molar-refractivity contribution >= 4 is 40.0 Å². The van der Waals surface area contributed by atoms with E-state index >= 15 is 0 Å². The number of carbonyl (C=O) groups excluding carboxylic acids is 1. The minimum atomic E-state index is -0.132. The fourth-order valence-electron chi connectivity index (χ4n) is 4.98. The highest BCUT2D eigenvalue weighted by molar-refractivity contribution is 6.31. The molecule has 1 amide bonds. The standard InChI is InChI=1S/C25H29ClN4O2/c1-16-12-17(13-20-23(16)27-22(31)15-25(20,2)3)6-7-29-8-10-30(11-9-29)24-19-14-18(26)4-5-21(19)32-28-24/h4-5,12-14H,6-11,15H2,1-3H3,(H,27,31). The summed E-state index contributed by atoms with van der Waals surface area (Å²) >= 11 is 6.17. The lowest BCUT2D eigenvalue weighted by Gasteiger charge is -2.35. The molecule has 0 aliphatic carbocycles. The highest BCUT2D eigenvalue weighted by atomic mass is 35.5. The van der Waals surface area contributed by atoms with Crippen LogP contribution in [0.25, 0.3) is 11.0 Å². The first-order valence-electron chi connectivity index (χ1n) is 11.3. The smallest absolute Gasteiger partial charge is 0.225 e. The highest BCUT2D eigenvalue weighted by Gasteiger charge is 2.33. The van der Waals surface area contributed by atoms with Crippen molar-refractivity contribution in [3.63, 3.8) is 0 Å². The van der Waals surface area contributed by atoms with Crippen molar-refractivity contribution in [1.29, 1.82) is 0 Å². The Balaban J connectivity index is 1.23. The van der Waals surface area contributed by atoms with Crippen LogP contribution in [-0.4, -0.2) is 48.7 Å². The van der Waals surface area contributed by atoms with Crippen LogP contribution >= 0.6 is 11.6 Å². The van der Waals surface area contributed by atoms with Crippen LogP contribution < -0.4 is 10.2 Å². The third kappa shape index (κ3) is 3.97. The molecule has 1 fully saturated rings. The molecule has 3 heterocycles. The van der Waals surface area contributed by atoms with Crippen molar-refractivity contribution in [2.24, 2.45) is 0 Å². The number of benzene rings is 2. The van der Waals surface area contributed by atoms with Crippen LogP contribution in [0, 0.1) is 6.92 Å². The third-order valence-electron chi connectivity index (χ3n) is 6.79. The number of carbonyl (C=O) groups is 1. The Hall–Kier alpha value is -2.57. The molecule has 0 bridgehead atoms. The van der Waals surface area contributed by atoms with E-state index in [1.807, 2.05) is 18.2 Å². The molecule has 7 heteroatoms. The van der Waals surface area contributed by atoms with Gasteiger partial charge >= 0.3 is 0 Å². The minimum Gasteiger partial charge on any atom is -0.354 e. The Bertz CT molecular complexity index is 1180. The number of amides is 1. The SMILES string of the molecule is Cc1cc(CCN2CCN(c3noc4ccc(Cl)cc34)CC2)cc2c1NC(=O)CC2(C)C. The van der Waals surface area contributed by atoms with Crippen molar-refractivity contribution in [2.45, 2.75) is 39.0 Å². The first kappa shape index (κ1) is 21.3. The van der Waals surface area contributed by atoms with Crippen LogP contribution in [0.2, 0.25) is 5.02 Å². The van der Waals surface area contributed by atoms with Gasteiger partial charge in [0.2, 0.25) is 5.91 Å². The zero-order valence-electron chi connectivity index (χ0n) is 18.9. The van der Waals surface area contributed by atoms with E-state index in [4.69, 9.17) is 16.1 Å². The quantitative estimate of drug-likeness (QED) is 0.617. The summed E-state index contributed by atoms with van der Waals surface area (Å²) < 4.78 is 5.48. The third-order valence-corrected chi connectivity index (χ3v) is 7.03. The molecule has 5 rings (SSSR count). The first-order valence-corrected chi connectivity index (χ1v) is 11.6. The molecule has 1 N–H and O–H groups in total. The molecule has 3 aromatic rings. The second kappa shape index (κ2) is 8.09. The van der Waals surface area contributed by atoms with Crippen molar-refractivity contribution in [3.05, 3.63) is 52.0 Å². The van der Waals surface area contributed by atoms with Gasteiger partial charge in [0.05, 0.1) is 5.39 Å². The van der Waals surface area contributed by atoms with E-state index in [-0.39, 0.29) is 11.3 Å². The summed E-state index contributed by atoms with van der Waals surface area (Å²) in [6.45, 7) is 11.2. The van der Waals surface area contributed by atoms with Crippen LogP contribution in [0.5, 0.6) is 0 Å². The van der Waals surface area contributed by atoms with Crippen molar-refractivity contribution in [3.8, 4) is 0 Å². The lowest BCUT2D eigenvalue weighted by atomic mass is 9.76. The molecule has 32 heavy (non-hydrogen) atoms. The van der Waals surface area contributed by atoms with E-state index in [2.05, 4.69) is 53.2 Å². The molecule has 2 aliphatic rings. The Morgan fingerprint density at radius 3 is 2.72 bits per heavy atom. The average Bonchev–Trinajstić information content (AvgIpc) is 3.16. The van der Waals surface area contributed by atoms with Crippen molar-refractivity contribution < 1.29 is 9.32 Å². The maximum Gasteiger partial charge on any atom is 0.225 e. The number of rotatable bonds is 4. The van der Waals surface area contributed by atoms with E-state index in [1.54, 1.807) is 0 Å². The van der Waals surface area contributed by atoms with E-state index in [1.165, 1.54) is 11.1 Å². The van der Waals surface area contributed by atoms with Crippen LogP contribution in [-0.2, 0) is 16.6 Å². The monoisotopic (exact) mass is 452 g/mol. The van der Waals surface area contributed by atoms with Gasteiger partial charge in [-0.3, -0.25) is 9.69 Å². The molecule has 0 saturated carbocycles. The fourth-order valence-corrected chi connectivity index (χ4v) is 5.15. The first-order chi connectivity index (χ1) is 15.3. The molecular weight excluding hydrogens is 424 g/mol. The molecular formula is C25H29ClN4O2. The van der Waals surface area contributed by atoms with Crippen molar-refractivity contribution in [2.75, 3.05) is 42.9 Å². The molecule has 0 spiro atoms. The van der Waals surface area contributed by atoms with E-state index in [0.717, 1.165) is 67.2 Å². The second-order valence-electron chi connectivity index (χ2n) is 9.67. The summed E-state index contributed by atoms with van der Waals surface area (Å²) in [6.07, 6.45) is 1.54. The number of halogens is 1. The number of hydrogen-bond acceptors (Lipinski definition) is 5. The van der Waals surface area contributed by atoms with E-state index in [0.29, 0.717) is 11.4 Å². The number of hydrogen-bond donors (Lipinski definition) is 1. The molecule has 0 unspecified atom stereocenters. The van der Waals surface area contributed by atoms with Crippen LogP contribution in [0.3, 0.4) is 0 Å². The largest absolute Gasteiger partial charge is 0.354 e. The highest BCUT2D eigenvalue weighted by Crippen LogP contribution is 2.39. The summed E-state index contributed by atoms with van der Waals surface area (Å²) in [5, 5.41) is 9.04. The maximum absolute atomic E-state index is 12.1. The predicted octanol–water partition coefficient (Wildman–Crippen LogP) is 4.77. The summed E-state index contributed by atoms with van der Waals surface area (Å²) in [4.78, 5) is 16.9. The zero-order valence-corrected chi connectivity index (χ0v) is 19.6. The predicted molar refractivity (Wildman–Crippen MR) is 129 cm³/mol. The van der Waals surface area contributed by atoms with Crippen LogP contribution in [0.1, 0.15) is 37.0 Å². The number of aromatic nitrogens is 1. The van der Waals surface area contributed by atoms with Gasteiger partial charge in [-0.25, -0.2) is 0 Å². The molecule has 168 valence electrons. The number of anilines is 2. The average molecular weight is 453 g/mol. The minimum absolute atomic E-state index is 0.110. The van der Waals surface area contributed by atoms with E-state index in [9.17, 15) is 4.79 Å². The summed E-state index contributed by atoms with van der Waals surface area (Å²) in [6, 6.07) is 10.1. The summed E-state index contributed by atoms with van der Waals surface area (Å²) in [7, 11) is 0. The Kier molecular flexibility index (Phi) is 5.38. The Labute approximate surface area is 193 Å². The van der Waals surface area contributed by atoms with Gasteiger partial charge < -0.3 is 14.7 Å². The molecule has 2 aliphatic heterocycles. The zero-order chi connectivity index (χ0) is 22.5. The number of fused-ring (bicyclic) bond motifs is 2. The summed E-state index contributed by atoms with van der Waals surface area (Å²) in [5.41, 5.74) is 5.39. The normalized spacial score (nSPS) is 18.6. The molecule has 6 nitrogen and oxygen atoms in total. The lowest BCUT2D eigenvalue weighted by Crippen LogP contribution is -2.47. The molecule has 0 radical (unpaired) electrons. The van der Waals surface area contributed by atoms with Gasteiger partial charge in [0.1, 0.15) is 0 Å². The van der Waals surface area contributed by atoms with Gasteiger partial charge in [-0.15, -0.1) is 0 Å². The number of aryl methyl sites for hydroxylation is 1. The lowest BCUT2D eigenvalue weighted by molar-refractivity contribution is -0.117.